The van der Waals surface area contributed by atoms with Crippen molar-refractivity contribution in [2.75, 3.05) is 6.54 Å². The van der Waals surface area contributed by atoms with Gasteiger partial charge < -0.3 is 9.32 Å². The summed E-state index contributed by atoms with van der Waals surface area (Å²) in [6.45, 7) is 2.55. The van der Waals surface area contributed by atoms with Crippen LogP contribution in [0.5, 0.6) is 0 Å². The zero-order valence-electron chi connectivity index (χ0n) is 13.7. The van der Waals surface area contributed by atoms with Crippen LogP contribution in [0.4, 0.5) is 0 Å². The number of hydrogen-bond acceptors (Lipinski definition) is 3. The summed E-state index contributed by atoms with van der Waals surface area (Å²) in [7, 11) is 0. The Kier molecular flexibility index (Phi) is 3.85. The summed E-state index contributed by atoms with van der Waals surface area (Å²) >= 11 is 5.99. The van der Waals surface area contributed by atoms with Gasteiger partial charge in [0.2, 0.25) is 5.76 Å². The molecule has 0 spiro atoms. The maximum absolute atomic E-state index is 13.1. The van der Waals surface area contributed by atoms with Crippen molar-refractivity contribution in [1.82, 2.24) is 4.90 Å². The van der Waals surface area contributed by atoms with E-state index >= 15 is 0 Å². The van der Waals surface area contributed by atoms with E-state index in [0.29, 0.717) is 28.1 Å². The number of carbonyl (C=O) groups is 1. The second-order valence-electron chi connectivity index (χ2n) is 6.12. The van der Waals surface area contributed by atoms with Gasteiger partial charge in [-0.25, -0.2) is 0 Å². The highest BCUT2D eigenvalue weighted by Crippen LogP contribution is 2.38. The Morgan fingerprint density at radius 3 is 2.52 bits per heavy atom. The molecule has 0 saturated carbocycles. The summed E-state index contributed by atoms with van der Waals surface area (Å²) in [4.78, 5) is 27.7. The molecule has 1 aliphatic rings. The van der Waals surface area contributed by atoms with Gasteiger partial charge in [0, 0.05) is 11.6 Å². The Labute approximate surface area is 149 Å². The van der Waals surface area contributed by atoms with Crippen LogP contribution >= 0.6 is 11.6 Å². The lowest BCUT2D eigenvalue weighted by Gasteiger charge is -2.24. The molecule has 3 aromatic rings. The molecular weight excluding hydrogens is 338 g/mol. The van der Waals surface area contributed by atoms with Gasteiger partial charge in [-0.2, -0.15) is 0 Å². The zero-order valence-corrected chi connectivity index (χ0v) is 14.4. The van der Waals surface area contributed by atoms with E-state index in [0.717, 1.165) is 12.0 Å². The van der Waals surface area contributed by atoms with Crippen LogP contribution in [-0.4, -0.2) is 17.4 Å². The quantitative estimate of drug-likeness (QED) is 0.701. The average molecular weight is 354 g/mol. The Balaban J connectivity index is 2.00. The molecule has 0 radical (unpaired) electrons. The lowest BCUT2D eigenvalue weighted by atomic mass is 9.98. The first kappa shape index (κ1) is 15.9. The van der Waals surface area contributed by atoms with Crippen LogP contribution in [0.3, 0.4) is 0 Å². The Hall–Kier alpha value is -2.59. The number of hydrogen-bond donors (Lipinski definition) is 0. The van der Waals surface area contributed by atoms with E-state index in [1.165, 1.54) is 0 Å². The van der Waals surface area contributed by atoms with Crippen molar-refractivity contribution in [2.45, 2.75) is 19.4 Å². The average Bonchev–Trinajstić information content (AvgIpc) is 2.89. The smallest absolute Gasteiger partial charge is 0.290 e. The summed E-state index contributed by atoms with van der Waals surface area (Å²) in [5, 5.41) is 1.10. The van der Waals surface area contributed by atoms with Crippen LogP contribution in [0, 0.1) is 0 Å². The highest BCUT2D eigenvalue weighted by Gasteiger charge is 2.42. The SMILES string of the molecule is CCCN1C(=O)c2oc3ccccc3c(=O)c2C1c1ccc(Cl)cc1. The van der Waals surface area contributed by atoms with E-state index in [2.05, 4.69) is 0 Å². The number of para-hydroxylation sites is 1. The number of fused-ring (bicyclic) bond motifs is 2. The maximum Gasteiger partial charge on any atom is 0.290 e. The van der Waals surface area contributed by atoms with E-state index < -0.39 is 6.04 Å². The minimum absolute atomic E-state index is 0.149. The number of amides is 1. The highest BCUT2D eigenvalue weighted by atomic mass is 35.5. The van der Waals surface area contributed by atoms with E-state index in [4.69, 9.17) is 16.0 Å². The monoisotopic (exact) mass is 353 g/mol. The topological polar surface area (TPSA) is 50.5 Å². The minimum atomic E-state index is -0.444. The molecule has 1 aromatic heterocycles. The Morgan fingerprint density at radius 2 is 1.80 bits per heavy atom. The first-order valence-electron chi connectivity index (χ1n) is 8.24. The molecule has 126 valence electrons. The lowest BCUT2D eigenvalue weighted by molar-refractivity contribution is 0.0728. The number of benzene rings is 2. The first-order valence-corrected chi connectivity index (χ1v) is 8.61. The second-order valence-corrected chi connectivity index (χ2v) is 6.56. The maximum atomic E-state index is 13.1. The number of carbonyl (C=O) groups excluding carboxylic acids is 1. The fourth-order valence-electron chi connectivity index (χ4n) is 3.43. The molecule has 2 heterocycles. The van der Waals surface area contributed by atoms with Crippen LogP contribution in [-0.2, 0) is 0 Å². The minimum Gasteiger partial charge on any atom is -0.450 e. The van der Waals surface area contributed by atoms with E-state index in [9.17, 15) is 9.59 Å². The van der Waals surface area contributed by atoms with E-state index in [1.807, 2.05) is 19.1 Å². The second kappa shape index (κ2) is 6.05. The molecule has 4 rings (SSSR count). The predicted octanol–water partition coefficient (Wildman–Crippen LogP) is 4.40. The molecule has 25 heavy (non-hydrogen) atoms. The van der Waals surface area contributed by atoms with Crippen molar-refractivity contribution in [3.8, 4) is 0 Å². The fraction of sp³-hybridized carbons (Fsp3) is 0.200. The lowest BCUT2D eigenvalue weighted by Crippen LogP contribution is -2.30. The van der Waals surface area contributed by atoms with Crippen molar-refractivity contribution in [3.05, 3.63) is 80.7 Å². The molecule has 1 unspecified atom stereocenters. The van der Waals surface area contributed by atoms with Crippen molar-refractivity contribution in [2.24, 2.45) is 0 Å². The van der Waals surface area contributed by atoms with Crippen molar-refractivity contribution in [1.29, 1.82) is 0 Å². The van der Waals surface area contributed by atoms with E-state index in [-0.39, 0.29) is 17.1 Å². The van der Waals surface area contributed by atoms with Gasteiger partial charge >= 0.3 is 0 Å². The van der Waals surface area contributed by atoms with E-state index in [1.54, 1.807) is 41.3 Å². The Bertz CT molecular complexity index is 1020. The Morgan fingerprint density at radius 1 is 1.08 bits per heavy atom. The molecule has 0 fully saturated rings. The molecule has 0 saturated heterocycles. The third-order valence-electron chi connectivity index (χ3n) is 4.52. The van der Waals surface area contributed by atoms with Gasteiger partial charge in [0.05, 0.1) is 17.0 Å². The molecule has 4 nitrogen and oxygen atoms in total. The van der Waals surface area contributed by atoms with Crippen LogP contribution in [0.15, 0.2) is 57.7 Å². The number of rotatable bonds is 3. The summed E-state index contributed by atoms with van der Waals surface area (Å²) in [5.74, 6) is -0.0863. The van der Waals surface area contributed by atoms with Gasteiger partial charge in [-0.1, -0.05) is 42.8 Å². The molecular formula is C20H16ClNO3. The summed E-state index contributed by atoms with van der Waals surface area (Å²) < 4.78 is 5.83. The van der Waals surface area contributed by atoms with Gasteiger partial charge in [0.15, 0.2) is 5.43 Å². The standard InChI is InChI=1S/C20H16ClNO3/c1-2-11-22-17(12-7-9-13(21)10-8-12)16-18(23)14-5-3-4-6-15(14)25-19(16)20(22)24/h3-10,17H,2,11H2,1H3. The normalized spacial score (nSPS) is 16.5. The number of halogens is 1. The van der Waals surface area contributed by atoms with Crippen molar-refractivity contribution < 1.29 is 9.21 Å². The molecule has 1 atom stereocenters. The molecule has 1 amide bonds. The highest BCUT2D eigenvalue weighted by molar-refractivity contribution is 6.30. The van der Waals surface area contributed by atoms with Crippen LogP contribution in [0.2, 0.25) is 5.02 Å². The van der Waals surface area contributed by atoms with Crippen molar-refractivity contribution >= 4 is 28.5 Å². The molecule has 0 bridgehead atoms. The predicted molar refractivity (Wildman–Crippen MR) is 97.1 cm³/mol. The third kappa shape index (κ3) is 2.45. The van der Waals surface area contributed by atoms with Gasteiger partial charge in [-0.05, 0) is 36.2 Å². The van der Waals surface area contributed by atoms with Gasteiger partial charge in [0.25, 0.3) is 5.91 Å². The summed E-state index contributed by atoms with van der Waals surface area (Å²) in [6, 6.07) is 13.8. The third-order valence-corrected chi connectivity index (χ3v) is 4.78. The molecule has 0 N–H and O–H groups in total. The van der Waals surface area contributed by atoms with Crippen LogP contribution < -0.4 is 5.43 Å². The molecule has 2 aromatic carbocycles. The first-order chi connectivity index (χ1) is 12.1. The summed E-state index contributed by atoms with van der Waals surface area (Å²) in [6.07, 6.45) is 0.789. The molecule has 0 aliphatic carbocycles. The molecule has 5 heteroatoms. The molecule has 1 aliphatic heterocycles. The van der Waals surface area contributed by atoms with Gasteiger partial charge in [0.1, 0.15) is 5.58 Å². The zero-order chi connectivity index (χ0) is 17.6. The fourth-order valence-corrected chi connectivity index (χ4v) is 3.56. The van der Waals surface area contributed by atoms with Crippen molar-refractivity contribution in [3.63, 3.8) is 0 Å². The van der Waals surface area contributed by atoms with Gasteiger partial charge in [-0.3, -0.25) is 9.59 Å². The van der Waals surface area contributed by atoms with Gasteiger partial charge in [-0.15, -0.1) is 0 Å². The number of nitrogens with zero attached hydrogens (tertiary/aromatic N) is 1. The van der Waals surface area contributed by atoms with Crippen LogP contribution in [0.1, 0.15) is 41.1 Å². The van der Waals surface area contributed by atoms with Crippen LogP contribution in [0.25, 0.3) is 11.0 Å². The largest absolute Gasteiger partial charge is 0.450 e. The summed E-state index contributed by atoms with van der Waals surface area (Å²) in [5.41, 5.74) is 1.56.